The number of nitrogens with one attached hydrogen (secondary N) is 2. The largest absolute Gasteiger partial charge is 0.351 e. The monoisotopic (exact) mass is 317 g/mol. The van der Waals surface area contributed by atoms with E-state index in [1.807, 2.05) is 18.4 Å². The highest BCUT2D eigenvalue weighted by Gasteiger charge is 2.16. The zero-order valence-corrected chi connectivity index (χ0v) is 13.2. The number of benzene rings is 1. The smallest absolute Gasteiger partial charge is 0.266 e. The van der Waals surface area contributed by atoms with Crippen LogP contribution in [0, 0.1) is 0 Å². The van der Waals surface area contributed by atoms with Gasteiger partial charge >= 0.3 is 0 Å². The summed E-state index contributed by atoms with van der Waals surface area (Å²) >= 11 is 1.40. The Hall–Kier alpha value is -2.18. The third-order valence-corrected chi connectivity index (χ3v) is 4.14. The van der Waals surface area contributed by atoms with Gasteiger partial charge in [-0.3, -0.25) is 9.59 Å². The zero-order valence-electron chi connectivity index (χ0n) is 12.4. The third-order valence-electron chi connectivity index (χ3n) is 3.18. The maximum Gasteiger partial charge on any atom is 0.266 e. The number of thiophene rings is 1. The molecule has 0 aliphatic rings. The van der Waals surface area contributed by atoms with Crippen LogP contribution >= 0.6 is 11.3 Å². The lowest BCUT2D eigenvalue weighted by Crippen LogP contribution is -2.30. The van der Waals surface area contributed by atoms with Crippen molar-refractivity contribution in [3.8, 4) is 0 Å². The van der Waals surface area contributed by atoms with Gasteiger partial charge in [-0.25, -0.2) is 0 Å². The summed E-state index contributed by atoms with van der Waals surface area (Å²) in [4.78, 5) is 25.2. The molecule has 0 aliphatic carbocycles. The summed E-state index contributed by atoms with van der Waals surface area (Å²) in [5.41, 5.74) is 7.32. The number of carbonyl (C=O) groups excluding carboxylic acids is 2. The van der Waals surface area contributed by atoms with Gasteiger partial charge in [-0.05, 0) is 35.6 Å². The molecule has 4 N–H and O–H groups in total. The number of rotatable bonds is 6. The molecule has 0 aliphatic heterocycles. The Morgan fingerprint density at radius 1 is 1.18 bits per heavy atom. The summed E-state index contributed by atoms with van der Waals surface area (Å²) in [5, 5.41) is 7.43. The normalized spacial score (nSPS) is 10.3. The van der Waals surface area contributed by atoms with Gasteiger partial charge in [0, 0.05) is 13.1 Å². The molecule has 5 nitrogen and oxygen atoms in total. The molecule has 0 atom stereocenters. The molecule has 0 radical (unpaired) electrons. The number of para-hydroxylation sites is 1. The first-order chi connectivity index (χ1) is 10.7. The van der Waals surface area contributed by atoms with Crippen LogP contribution in [0.4, 0.5) is 5.69 Å². The lowest BCUT2D eigenvalue weighted by molar-refractivity contribution is 0.0955. The van der Waals surface area contributed by atoms with E-state index in [-0.39, 0.29) is 11.8 Å². The molecule has 6 heteroatoms. The first-order valence-corrected chi connectivity index (χ1v) is 8.00. The molecule has 116 valence electrons. The molecule has 1 aromatic heterocycles. The molecule has 1 heterocycles. The molecular formula is C16H19N3O2S. The van der Waals surface area contributed by atoms with Gasteiger partial charge in [0.2, 0.25) is 0 Å². The molecule has 2 rings (SSSR count). The predicted octanol–water partition coefficient (Wildman–Crippen LogP) is 2.25. The molecular weight excluding hydrogens is 298 g/mol. The summed E-state index contributed by atoms with van der Waals surface area (Å²) in [6.07, 6.45) is 0.797. The van der Waals surface area contributed by atoms with Crippen molar-refractivity contribution in [1.82, 2.24) is 5.32 Å². The molecule has 0 saturated heterocycles. The van der Waals surface area contributed by atoms with E-state index in [0.29, 0.717) is 29.2 Å². The minimum Gasteiger partial charge on any atom is -0.351 e. The summed E-state index contributed by atoms with van der Waals surface area (Å²) in [7, 11) is 0. The minimum atomic E-state index is -0.247. The number of hydrogen-bond donors (Lipinski definition) is 3. The molecule has 1 aromatic carbocycles. The SMILES string of the molecule is CCc1ccsc1C(=O)Nc1ccccc1C(=O)NCCN. The van der Waals surface area contributed by atoms with Crippen molar-refractivity contribution in [2.24, 2.45) is 5.73 Å². The Bertz CT molecular complexity index is 667. The van der Waals surface area contributed by atoms with Crippen LogP contribution in [0.3, 0.4) is 0 Å². The Labute approximate surface area is 133 Å². The third kappa shape index (κ3) is 3.72. The van der Waals surface area contributed by atoms with Gasteiger partial charge in [-0.1, -0.05) is 19.1 Å². The maximum absolute atomic E-state index is 12.4. The van der Waals surface area contributed by atoms with Gasteiger partial charge in [0.05, 0.1) is 16.1 Å². The Morgan fingerprint density at radius 3 is 2.68 bits per heavy atom. The van der Waals surface area contributed by atoms with Crippen molar-refractivity contribution in [2.75, 3.05) is 18.4 Å². The molecule has 0 saturated carbocycles. The number of aryl methyl sites for hydroxylation is 1. The summed E-state index contributed by atoms with van der Waals surface area (Å²) in [6.45, 7) is 2.77. The zero-order chi connectivity index (χ0) is 15.9. The Balaban J connectivity index is 2.19. The Kier molecular flexibility index (Phi) is 5.68. The minimum absolute atomic E-state index is 0.189. The summed E-state index contributed by atoms with van der Waals surface area (Å²) < 4.78 is 0. The van der Waals surface area contributed by atoms with Crippen molar-refractivity contribution in [3.05, 3.63) is 51.7 Å². The Morgan fingerprint density at radius 2 is 1.95 bits per heavy atom. The van der Waals surface area contributed by atoms with E-state index in [0.717, 1.165) is 12.0 Å². The fourth-order valence-corrected chi connectivity index (χ4v) is 2.95. The predicted molar refractivity (Wildman–Crippen MR) is 89.5 cm³/mol. The average molecular weight is 317 g/mol. The molecule has 2 aromatic rings. The van der Waals surface area contributed by atoms with Crippen LogP contribution in [0.1, 0.15) is 32.5 Å². The van der Waals surface area contributed by atoms with Crippen molar-refractivity contribution in [2.45, 2.75) is 13.3 Å². The molecule has 0 bridgehead atoms. The second-order valence-corrected chi connectivity index (χ2v) is 5.59. The van der Waals surface area contributed by atoms with Crippen molar-refractivity contribution in [1.29, 1.82) is 0 Å². The quantitative estimate of drug-likeness (QED) is 0.764. The second-order valence-electron chi connectivity index (χ2n) is 4.67. The van der Waals surface area contributed by atoms with E-state index in [9.17, 15) is 9.59 Å². The molecule has 0 unspecified atom stereocenters. The van der Waals surface area contributed by atoms with Crippen molar-refractivity contribution >= 4 is 28.8 Å². The van der Waals surface area contributed by atoms with Crippen LogP contribution < -0.4 is 16.4 Å². The van der Waals surface area contributed by atoms with Gasteiger partial charge < -0.3 is 16.4 Å². The first kappa shape index (κ1) is 16.2. The van der Waals surface area contributed by atoms with Crippen LogP contribution in [-0.4, -0.2) is 24.9 Å². The molecule has 22 heavy (non-hydrogen) atoms. The van der Waals surface area contributed by atoms with Crippen molar-refractivity contribution in [3.63, 3.8) is 0 Å². The van der Waals surface area contributed by atoms with Gasteiger partial charge in [-0.15, -0.1) is 11.3 Å². The summed E-state index contributed by atoms with van der Waals surface area (Å²) in [6, 6.07) is 8.88. The van der Waals surface area contributed by atoms with E-state index >= 15 is 0 Å². The van der Waals surface area contributed by atoms with E-state index in [1.165, 1.54) is 11.3 Å². The van der Waals surface area contributed by atoms with Crippen LogP contribution in [0.25, 0.3) is 0 Å². The molecule has 2 amide bonds. The van der Waals surface area contributed by atoms with Gasteiger partial charge in [0.15, 0.2) is 0 Å². The van der Waals surface area contributed by atoms with Crippen molar-refractivity contribution < 1.29 is 9.59 Å². The van der Waals surface area contributed by atoms with E-state index in [2.05, 4.69) is 10.6 Å². The highest BCUT2D eigenvalue weighted by molar-refractivity contribution is 7.12. The fourth-order valence-electron chi connectivity index (χ4n) is 2.06. The van der Waals surface area contributed by atoms with Gasteiger partial charge in [0.25, 0.3) is 11.8 Å². The van der Waals surface area contributed by atoms with Gasteiger partial charge in [-0.2, -0.15) is 0 Å². The first-order valence-electron chi connectivity index (χ1n) is 7.12. The van der Waals surface area contributed by atoms with E-state index in [1.54, 1.807) is 24.3 Å². The average Bonchev–Trinajstić information content (AvgIpc) is 3.01. The highest BCUT2D eigenvalue weighted by atomic mass is 32.1. The van der Waals surface area contributed by atoms with Crippen LogP contribution in [-0.2, 0) is 6.42 Å². The standard InChI is InChI=1S/C16H19N3O2S/c1-2-11-7-10-22-14(11)16(21)19-13-6-4-3-5-12(13)15(20)18-9-8-17/h3-7,10H,2,8-9,17H2,1H3,(H,18,20)(H,19,21). The number of amides is 2. The number of carbonyl (C=O) groups is 2. The van der Waals surface area contributed by atoms with E-state index in [4.69, 9.17) is 5.73 Å². The van der Waals surface area contributed by atoms with Gasteiger partial charge in [0.1, 0.15) is 0 Å². The lowest BCUT2D eigenvalue weighted by Gasteiger charge is -2.11. The lowest BCUT2D eigenvalue weighted by atomic mass is 10.1. The topological polar surface area (TPSA) is 84.2 Å². The fraction of sp³-hybridized carbons (Fsp3) is 0.250. The second kappa shape index (κ2) is 7.72. The summed E-state index contributed by atoms with van der Waals surface area (Å²) in [5.74, 6) is -0.436. The number of nitrogens with two attached hydrogens (primary N) is 1. The number of hydrogen-bond acceptors (Lipinski definition) is 4. The maximum atomic E-state index is 12.4. The van der Waals surface area contributed by atoms with Crippen LogP contribution in [0.2, 0.25) is 0 Å². The number of anilines is 1. The van der Waals surface area contributed by atoms with E-state index < -0.39 is 0 Å². The van der Waals surface area contributed by atoms with Crippen LogP contribution in [0.15, 0.2) is 35.7 Å². The highest BCUT2D eigenvalue weighted by Crippen LogP contribution is 2.21. The molecule has 0 spiro atoms. The van der Waals surface area contributed by atoms with Crippen LogP contribution in [0.5, 0.6) is 0 Å². The molecule has 0 fully saturated rings.